The highest BCUT2D eigenvalue weighted by Crippen LogP contribution is 2.43. The highest BCUT2D eigenvalue weighted by Gasteiger charge is 2.57. The van der Waals surface area contributed by atoms with Gasteiger partial charge in [-0.1, -0.05) is 23.7 Å². The average molecular weight is 365 g/mol. The van der Waals surface area contributed by atoms with E-state index in [-0.39, 0.29) is 17.9 Å². The van der Waals surface area contributed by atoms with E-state index in [1.165, 1.54) is 0 Å². The largest absolute Gasteiger partial charge is 0.447 e. The Kier molecular flexibility index (Phi) is 4.12. The van der Waals surface area contributed by atoms with Gasteiger partial charge >= 0.3 is 6.09 Å². The van der Waals surface area contributed by atoms with E-state index in [4.69, 9.17) is 21.1 Å². The Hall–Kier alpha value is -1.79. The number of carbonyl (C=O) groups excluding carboxylic acids is 2. The third kappa shape index (κ3) is 2.98. The van der Waals surface area contributed by atoms with Crippen molar-refractivity contribution >= 4 is 23.6 Å². The Bertz CT molecular complexity index is 719. The van der Waals surface area contributed by atoms with Gasteiger partial charge in [0.15, 0.2) is 0 Å². The molecule has 1 aromatic carbocycles. The van der Waals surface area contributed by atoms with Gasteiger partial charge in [-0.05, 0) is 37.0 Å². The molecular weight excluding hydrogens is 344 g/mol. The summed E-state index contributed by atoms with van der Waals surface area (Å²) in [5.74, 6) is -0.0777. The number of nitrogens with one attached hydrogen (secondary N) is 1. The van der Waals surface area contributed by atoms with E-state index in [0.29, 0.717) is 26.3 Å². The summed E-state index contributed by atoms with van der Waals surface area (Å²) in [6.07, 6.45) is 1.23. The summed E-state index contributed by atoms with van der Waals surface area (Å²) < 4.78 is 10.9. The van der Waals surface area contributed by atoms with Crippen molar-refractivity contribution in [1.82, 2.24) is 10.2 Å². The Morgan fingerprint density at radius 2 is 2.28 bits per heavy atom. The number of benzene rings is 1. The van der Waals surface area contributed by atoms with Crippen molar-refractivity contribution in [2.45, 2.75) is 38.0 Å². The summed E-state index contributed by atoms with van der Waals surface area (Å²) >= 11 is 6.12. The van der Waals surface area contributed by atoms with E-state index < -0.39 is 11.6 Å². The number of alkyl carbamates (subject to hydrolysis) is 1. The fraction of sp³-hybridized carbons (Fsp3) is 0.556. The number of cyclic esters (lactones) is 1. The molecule has 1 saturated carbocycles. The normalized spacial score (nSPS) is 28.3. The highest BCUT2D eigenvalue weighted by atomic mass is 35.5. The van der Waals surface area contributed by atoms with Gasteiger partial charge in [-0.3, -0.25) is 4.79 Å². The second kappa shape index (κ2) is 6.18. The zero-order valence-corrected chi connectivity index (χ0v) is 14.8. The van der Waals surface area contributed by atoms with Gasteiger partial charge in [0.25, 0.3) is 0 Å². The van der Waals surface area contributed by atoms with E-state index in [1.54, 1.807) is 0 Å². The monoisotopic (exact) mass is 364 g/mol. The number of hydrogen-bond donors (Lipinski definition) is 1. The van der Waals surface area contributed by atoms with Gasteiger partial charge in [0.05, 0.1) is 24.2 Å². The van der Waals surface area contributed by atoms with Crippen molar-refractivity contribution in [1.29, 1.82) is 0 Å². The van der Waals surface area contributed by atoms with Crippen LogP contribution >= 0.6 is 11.6 Å². The maximum Gasteiger partial charge on any atom is 0.407 e. The molecule has 2 atom stereocenters. The first-order chi connectivity index (χ1) is 12.0. The van der Waals surface area contributed by atoms with Crippen LogP contribution in [0.25, 0.3) is 0 Å². The zero-order valence-electron chi connectivity index (χ0n) is 14.1. The SMILES string of the molecule is Cc1ccc(COC2CN(C(=O)C3CCC34COC(=O)N4)C2)cc1Cl. The first-order valence-electron chi connectivity index (χ1n) is 8.57. The molecule has 134 valence electrons. The number of likely N-dealkylation sites (tertiary alicyclic amines) is 1. The predicted molar refractivity (Wildman–Crippen MR) is 91.3 cm³/mol. The lowest BCUT2D eigenvalue weighted by molar-refractivity contribution is -0.157. The molecule has 2 heterocycles. The van der Waals surface area contributed by atoms with Crippen molar-refractivity contribution in [3.63, 3.8) is 0 Å². The minimum absolute atomic E-state index is 0.0504. The number of carbonyl (C=O) groups is 2. The summed E-state index contributed by atoms with van der Waals surface area (Å²) in [6.45, 7) is 3.95. The fourth-order valence-electron chi connectivity index (χ4n) is 3.67. The molecule has 3 aliphatic rings. The summed E-state index contributed by atoms with van der Waals surface area (Å²) in [6, 6.07) is 5.90. The van der Waals surface area contributed by atoms with Crippen LogP contribution in [0.5, 0.6) is 0 Å². The van der Waals surface area contributed by atoms with Gasteiger partial charge in [0.1, 0.15) is 6.61 Å². The maximum absolute atomic E-state index is 12.6. The molecule has 2 unspecified atom stereocenters. The molecule has 4 rings (SSSR count). The van der Waals surface area contributed by atoms with Crippen molar-refractivity contribution in [3.8, 4) is 0 Å². The predicted octanol–water partition coefficient (Wildman–Crippen LogP) is 2.26. The van der Waals surface area contributed by atoms with Crippen LogP contribution in [0.1, 0.15) is 24.0 Å². The van der Waals surface area contributed by atoms with E-state index in [2.05, 4.69) is 5.32 Å². The van der Waals surface area contributed by atoms with E-state index >= 15 is 0 Å². The van der Waals surface area contributed by atoms with Gasteiger partial charge in [-0.15, -0.1) is 0 Å². The molecule has 3 fully saturated rings. The topological polar surface area (TPSA) is 67.9 Å². The van der Waals surface area contributed by atoms with Crippen LogP contribution in [-0.2, 0) is 20.9 Å². The Morgan fingerprint density at radius 3 is 2.88 bits per heavy atom. The van der Waals surface area contributed by atoms with Crippen LogP contribution < -0.4 is 5.32 Å². The number of aryl methyl sites for hydroxylation is 1. The number of nitrogens with zero attached hydrogens (tertiary/aromatic N) is 1. The Labute approximate surface area is 151 Å². The lowest BCUT2D eigenvalue weighted by Crippen LogP contribution is -2.66. The first kappa shape index (κ1) is 16.7. The van der Waals surface area contributed by atoms with Crippen molar-refractivity contribution in [2.75, 3.05) is 19.7 Å². The molecular formula is C18H21ClN2O4. The molecule has 2 aliphatic heterocycles. The van der Waals surface area contributed by atoms with Crippen LogP contribution in [0.2, 0.25) is 5.02 Å². The zero-order chi connectivity index (χ0) is 17.6. The first-order valence-corrected chi connectivity index (χ1v) is 8.95. The fourth-order valence-corrected chi connectivity index (χ4v) is 3.88. The highest BCUT2D eigenvalue weighted by molar-refractivity contribution is 6.31. The summed E-state index contributed by atoms with van der Waals surface area (Å²) in [7, 11) is 0. The van der Waals surface area contributed by atoms with E-state index in [1.807, 2.05) is 30.0 Å². The lowest BCUT2D eigenvalue weighted by Gasteiger charge is -2.48. The molecule has 1 aromatic rings. The summed E-state index contributed by atoms with van der Waals surface area (Å²) in [5, 5.41) is 3.55. The minimum Gasteiger partial charge on any atom is -0.447 e. The molecule has 2 amide bonds. The Balaban J connectivity index is 1.25. The maximum atomic E-state index is 12.6. The third-order valence-electron chi connectivity index (χ3n) is 5.54. The van der Waals surface area contributed by atoms with E-state index in [9.17, 15) is 9.59 Å². The van der Waals surface area contributed by atoms with Crippen molar-refractivity contribution in [3.05, 3.63) is 34.3 Å². The average Bonchev–Trinajstić information content (AvgIpc) is 2.92. The van der Waals surface area contributed by atoms with Gasteiger partial charge in [-0.25, -0.2) is 4.79 Å². The van der Waals surface area contributed by atoms with Gasteiger partial charge < -0.3 is 19.7 Å². The van der Waals surface area contributed by atoms with Crippen LogP contribution in [0.15, 0.2) is 18.2 Å². The number of hydrogen-bond acceptors (Lipinski definition) is 4. The van der Waals surface area contributed by atoms with Crippen LogP contribution in [0.4, 0.5) is 4.79 Å². The minimum atomic E-state index is -0.473. The van der Waals surface area contributed by atoms with Crippen molar-refractivity contribution in [2.24, 2.45) is 5.92 Å². The standard InChI is InChI=1S/C18H21ClN2O4/c1-11-2-3-12(6-15(11)19)9-24-13-7-21(8-13)16(22)14-4-5-18(14)10-25-17(23)20-18/h2-3,6,13-14H,4-5,7-10H2,1H3,(H,20,23). The van der Waals surface area contributed by atoms with Gasteiger partial charge in [0.2, 0.25) is 5.91 Å². The smallest absolute Gasteiger partial charge is 0.407 e. The molecule has 1 aliphatic carbocycles. The molecule has 1 N–H and O–H groups in total. The number of halogens is 1. The lowest BCUT2D eigenvalue weighted by atomic mass is 9.66. The second-order valence-corrected chi connectivity index (χ2v) is 7.62. The number of ether oxygens (including phenoxy) is 2. The molecule has 2 saturated heterocycles. The van der Waals surface area contributed by atoms with Crippen molar-refractivity contribution < 1.29 is 19.1 Å². The summed E-state index contributed by atoms with van der Waals surface area (Å²) in [4.78, 5) is 25.7. The van der Waals surface area contributed by atoms with Crippen LogP contribution in [-0.4, -0.2) is 48.2 Å². The molecule has 7 heteroatoms. The number of amides is 2. The molecule has 0 aromatic heterocycles. The van der Waals surface area contributed by atoms with Crippen LogP contribution in [0.3, 0.4) is 0 Å². The third-order valence-corrected chi connectivity index (χ3v) is 5.94. The molecule has 6 nitrogen and oxygen atoms in total. The van der Waals surface area contributed by atoms with Gasteiger partial charge in [-0.2, -0.15) is 0 Å². The Morgan fingerprint density at radius 1 is 1.48 bits per heavy atom. The molecule has 1 spiro atoms. The van der Waals surface area contributed by atoms with Gasteiger partial charge in [0, 0.05) is 18.1 Å². The number of rotatable bonds is 4. The molecule has 0 bridgehead atoms. The molecule has 25 heavy (non-hydrogen) atoms. The quantitative estimate of drug-likeness (QED) is 0.889. The molecule has 0 radical (unpaired) electrons. The van der Waals surface area contributed by atoms with Crippen LogP contribution in [0, 0.1) is 12.8 Å². The summed E-state index contributed by atoms with van der Waals surface area (Å²) in [5.41, 5.74) is 1.60. The second-order valence-electron chi connectivity index (χ2n) is 7.21. The van der Waals surface area contributed by atoms with E-state index in [0.717, 1.165) is 29.0 Å².